The Morgan fingerprint density at radius 3 is 1.71 bits per heavy atom. The number of aromatic nitrogens is 2. The lowest BCUT2D eigenvalue weighted by atomic mass is 9.98. The molecular formula is C52H73N7O10. The third-order valence-corrected chi connectivity index (χ3v) is 13.4. The molecule has 2 aliphatic carbocycles. The van der Waals surface area contributed by atoms with Gasteiger partial charge in [-0.2, -0.15) is 0 Å². The second-order valence-corrected chi connectivity index (χ2v) is 18.7. The van der Waals surface area contributed by atoms with Crippen molar-refractivity contribution in [1.29, 1.82) is 0 Å². The van der Waals surface area contributed by atoms with Crippen LogP contribution >= 0.6 is 0 Å². The van der Waals surface area contributed by atoms with E-state index in [1.807, 2.05) is 63.8 Å². The largest absolute Gasteiger partial charge is 0.508 e. The number of benzene rings is 2. The van der Waals surface area contributed by atoms with Gasteiger partial charge in [0.15, 0.2) is 11.4 Å². The minimum atomic E-state index is -0.301. The maximum Gasteiger partial charge on any atom is 0.273 e. The molecule has 4 aromatic rings. The Bertz CT molecular complexity index is 2340. The number of nitrogens with one attached hydrogen (secondary N) is 3. The number of hydrogen-bond acceptors (Lipinski definition) is 12. The van der Waals surface area contributed by atoms with Gasteiger partial charge in [-0.25, -0.2) is 0 Å². The molecule has 2 saturated carbocycles. The molecule has 2 saturated heterocycles. The summed E-state index contributed by atoms with van der Waals surface area (Å²) in [5, 5.41) is 42.6. The summed E-state index contributed by atoms with van der Waals surface area (Å²) in [7, 11) is 1.00. The fourth-order valence-corrected chi connectivity index (χ4v) is 8.75. The number of carbonyl (C=O) groups is 5. The Balaban J connectivity index is 0.000000602. The number of aliphatic hydroxyl groups excluding tert-OH is 1. The van der Waals surface area contributed by atoms with Crippen LogP contribution in [0.15, 0.2) is 57.6 Å². The number of likely N-dealkylation sites (tertiary alicyclic amines) is 2. The molecule has 8 rings (SSSR count). The van der Waals surface area contributed by atoms with Gasteiger partial charge >= 0.3 is 0 Å². The van der Waals surface area contributed by atoms with Gasteiger partial charge in [0.2, 0.25) is 17.7 Å². The van der Waals surface area contributed by atoms with Gasteiger partial charge in [0.05, 0.1) is 0 Å². The van der Waals surface area contributed by atoms with Crippen molar-refractivity contribution < 1.29 is 48.3 Å². The standard InChI is InChI=1S/C41H53N7O8.C8H10O.C2H6.CH4O/c1-25-21-26(3-7-33(25)49)4-8-37(51)47-17-11-28(12-18-47)44-40(54)32-23-35(56-46-32)30-24-41(30,2)15-9-36(50)42-16-10-38(52)48-19-13-29(14-20-48)43-39(53)31-22-34(55-45-31)27-5-6-27;1-6-3-4-8(9)7(2)5-6;2*1-2/h3,7,21-23,27-30,49H,4-6,8-20,24H2,1-2H3,(H,42,50)(H,43,53)(H,44,54);3-5,9H,1-2H3;1-2H3;2H,1H3. The van der Waals surface area contributed by atoms with Crippen LogP contribution < -0.4 is 16.0 Å². The number of aromatic hydroxyl groups is 2. The molecule has 4 heterocycles. The maximum absolute atomic E-state index is 13.0. The zero-order valence-corrected chi connectivity index (χ0v) is 41.4. The molecule has 17 nitrogen and oxygen atoms in total. The highest BCUT2D eigenvalue weighted by Gasteiger charge is 2.52. The van der Waals surface area contributed by atoms with Crippen LogP contribution in [-0.2, 0) is 20.8 Å². The molecule has 2 aliphatic heterocycles. The molecule has 2 unspecified atom stereocenters. The fraction of sp³-hybridized carbons (Fsp3) is 0.558. The first-order chi connectivity index (χ1) is 33.1. The summed E-state index contributed by atoms with van der Waals surface area (Å²) in [4.78, 5) is 67.5. The Hall–Kier alpha value is -6.23. The highest BCUT2D eigenvalue weighted by Crippen LogP contribution is 2.61. The summed E-state index contributed by atoms with van der Waals surface area (Å²) in [6.45, 7) is 14.3. The van der Waals surface area contributed by atoms with Crippen LogP contribution in [0.5, 0.6) is 11.5 Å². The van der Waals surface area contributed by atoms with E-state index in [2.05, 4.69) is 33.2 Å². The quantitative estimate of drug-likeness (QED) is 0.0725. The van der Waals surface area contributed by atoms with Crippen LogP contribution in [0.4, 0.5) is 0 Å². The SMILES string of the molecule is CC.CO.Cc1cc(CCC(=O)N2CCC(NC(=O)c3cc(C4CC4(C)CCC(=O)NCCC(=O)N4CCC(NC(=O)c5cc(C6CC6)on5)CC4)on3)CC2)ccc1O.Cc1ccc(O)c(C)c1. The van der Waals surface area contributed by atoms with Crippen molar-refractivity contribution in [3.8, 4) is 11.5 Å². The number of phenolic OH excluding ortho intramolecular Hbond substituents is 2. The van der Waals surface area contributed by atoms with E-state index in [4.69, 9.17) is 19.3 Å². The molecule has 2 atom stereocenters. The van der Waals surface area contributed by atoms with Gasteiger partial charge in [-0.05, 0) is 113 Å². The molecule has 0 spiro atoms. The van der Waals surface area contributed by atoms with Gasteiger partial charge in [-0.1, -0.05) is 60.9 Å². The van der Waals surface area contributed by atoms with Gasteiger partial charge < -0.3 is 50.1 Å². The van der Waals surface area contributed by atoms with Crippen LogP contribution in [-0.4, -0.2) is 117 Å². The van der Waals surface area contributed by atoms with Gasteiger partial charge in [0.1, 0.15) is 23.0 Å². The van der Waals surface area contributed by atoms with Gasteiger partial charge in [-0.15, -0.1) is 0 Å². The first-order valence-corrected chi connectivity index (χ1v) is 24.5. The molecule has 0 radical (unpaired) electrons. The highest BCUT2D eigenvalue weighted by atomic mass is 16.5. The Morgan fingerprint density at radius 2 is 1.19 bits per heavy atom. The minimum Gasteiger partial charge on any atom is -0.508 e. The van der Waals surface area contributed by atoms with E-state index < -0.39 is 0 Å². The number of hydrogen-bond donors (Lipinski definition) is 6. The predicted molar refractivity (Wildman–Crippen MR) is 260 cm³/mol. The van der Waals surface area contributed by atoms with Gasteiger partial charge in [0.25, 0.3) is 11.8 Å². The number of rotatable bonds is 15. The summed E-state index contributed by atoms with van der Waals surface area (Å²) in [5.74, 6) is 1.89. The molecular weight excluding hydrogens is 883 g/mol. The van der Waals surface area contributed by atoms with Crippen LogP contribution in [0.2, 0.25) is 0 Å². The van der Waals surface area contributed by atoms with Crippen molar-refractivity contribution in [3.63, 3.8) is 0 Å². The van der Waals surface area contributed by atoms with E-state index in [1.165, 1.54) is 5.56 Å². The highest BCUT2D eigenvalue weighted by molar-refractivity contribution is 5.93. The zero-order chi connectivity index (χ0) is 50.3. The molecule has 2 aromatic heterocycles. The lowest BCUT2D eigenvalue weighted by Gasteiger charge is -2.32. The molecule has 4 fully saturated rings. The van der Waals surface area contributed by atoms with Crippen molar-refractivity contribution >= 4 is 29.5 Å². The van der Waals surface area contributed by atoms with E-state index in [-0.39, 0.29) is 77.4 Å². The zero-order valence-electron chi connectivity index (χ0n) is 41.4. The maximum atomic E-state index is 13.0. The van der Waals surface area contributed by atoms with E-state index in [1.54, 1.807) is 29.2 Å². The smallest absolute Gasteiger partial charge is 0.273 e. The van der Waals surface area contributed by atoms with E-state index in [9.17, 15) is 29.1 Å². The van der Waals surface area contributed by atoms with Crippen molar-refractivity contribution in [2.45, 2.75) is 143 Å². The number of piperidine rings is 2. The van der Waals surface area contributed by atoms with Crippen LogP contribution in [0, 0.1) is 26.2 Å². The average Bonchev–Trinajstić information content (AvgIpc) is 4.19. The normalized spacial score (nSPS) is 18.8. The number of aryl methyl sites for hydroxylation is 4. The number of carbonyl (C=O) groups excluding carboxylic acids is 5. The first kappa shape index (κ1) is 53.7. The molecule has 0 bridgehead atoms. The Labute approximate surface area is 405 Å². The lowest BCUT2D eigenvalue weighted by Crippen LogP contribution is -2.47. The van der Waals surface area contributed by atoms with Gasteiger partial charge in [-0.3, -0.25) is 24.0 Å². The Morgan fingerprint density at radius 1 is 0.681 bits per heavy atom. The molecule has 5 amide bonds. The summed E-state index contributed by atoms with van der Waals surface area (Å²) in [5.41, 5.74) is 4.31. The summed E-state index contributed by atoms with van der Waals surface area (Å²) in [6, 6.07) is 14.3. The minimum absolute atomic E-state index is 0.0196. The molecule has 2 aromatic carbocycles. The van der Waals surface area contributed by atoms with Crippen LogP contribution in [0.1, 0.15) is 158 Å². The summed E-state index contributed by atoms with van der Waals surface area (Å²) < 4.78 is 10.9. The molecule has 4 aliphatic rings. The molecule has 69 heavy (non-hydrogen) atoms. The van der Waals surface area contributed by atoms with Crippen molar-refractivity contribution in [2.24, 2.45) is 5.41 Å². The number of amides is 5. The summed E-state index contributed by atoms with van der Waals surface area (Å²) in [6.07, 6.45) is 7.77. The predicted octanol–water partition coefficient (Wildman–Crippen LogP) is 6.75. The van der Waals surface area contributed by atoms with E-state index >= 15 is 0 Å². The molecule has 17 heteroatoms. The average molecular weight is 956 g/mol. The summed E-state index contributed by atoms with van der Waals surface area (Å²) >= 11 is 0. The fourth-order valence-electron chi connectivity index (χ4n) is 8.75. The third kappa shape index (κ3) is 15.6. The Kier molecular flexibility index (Phi) is 19.8. The van der Waals surface area contributed by atoms with E-state index in [0.717, 1.165) is 48.8 Å². The second-order valence-electron chi connectivity index (χ2n) is 18.7. The number of phenols is 2. The monoisotopic (exact) mass is 956 g/mol. The molecule has 376 valence electrons. The number of aliphatic hydroxyl groups is 1. The number of nitrogens with zero attached hydrogens (tertiary/aromatic N) is 4. The van der Waals surface area contributed by atoms with Crippen LogP contribution in [0.25, 0.3) is 0 Å². The van der Waals surface area contributed by atoms with E-state index in [0.29, 0.717) is 101 Å². The van der Waals surface area contributed by atoms with Crippen LogP contribution in [0.3, 0.4) is 0 Å². The second kappa shape index (κ2) is 25.4. The van der Waals surface area contributed by atoms with Crippen molar-refractivity contribution in [1.82, 2.24) is 36.1 Å². The molecule has 6 N–H and O–H groups in total. The first-order valence-electron chi connectivity index (χ1n) is 24.5. The van der Waals surface area contributed by atoms with Crippen molar-refractivity contribution in [2.75, 3.05) is 39.8 Å². The van der Waals surface area contributed by atoms with Gasteiger partial charge in [0, 0.05) is 95.1 Å². The van der Waals surface area contributed by atoms with Crippen molar-refractivity contribution in [3.05, 3.63) is 93.7 Å². The topological polar surface area (TPSA) is 241 Å². The lowest BCUT2D eigenvalue weighted by molar-refractivity contribution is -0.133. The third-order valence-electron chi connectivity index (χ3n) is 13.4.